The smallest absolute Gasteiger partial charge is 0.236 e. The van der Waals surface area contributed by atoms with Crippen LogP contribution in [0.3, 0.4) is 0 Å². The van der Waals surface area contributed by atoms with E-state index in [0.717, 1.165) is 11.1 Å². The Balaban J connectivity index is 2.17. The first kappa shape index (κ1) is 16.7. The molecular formula is C18H21N3O2. The Hall–Kier alpha value is -2.66. The van der Waals surface area contributed by atoms with Gasteiger partial charge in [0.2, 0.25) is 11.8 Å². The lowest BCUT2D eigenvalue weighted by Crippen LogP contribution is -2.40. The monoisotopic (exact) mass is 311 g/mol. The van der Waals surface area contributed by atoms with Crippen LogP contribution in [0.5, 0.6) is 0 Å². The van der Waals surface area contributed by atoms with Crippen LogP contribution >= 0.6 is 0 Å². The van der Waals surface area contributed by atoms with Crippen molar-refractivity contribution in [1.29, 1.82) is 0 Å². The van der Waals surface area contributed by atoms with Crippen molar-refractivity contribution >= 4 is 11.8 Å². The molecule has 2 aromatic rings. The summed E-state index contributed by atoms with van der Waals surface area (Å²) in [6.07, 6.45) is 0. The second kappa shape index (κ2) is 8.10. The van der Waals surface area contributed by atoms with Gasteiger partial charge >= 0.3 is 0 Å². The predicted octanol–water partition coefficient (Wildman–Crippen LogP) is 1.31. The van der Waals surface area contributed by atoms with Crippen molar-refractivity contribution < 1.29 is 9.59 Å². The van der Waals surface area contributed by atoms with Gasteiger partial charge in [-0.1, -0.05) is 60.7 Å². The van der Waals surface area contributed by atoms with Gasteiger partial charge in [0.1, 0.15) is 0 Å². The molecule has 0 atom stereocenters. The van der Waals surface area contributed by atoms with Crippen LogP contribution in [0.15, 0.2) is 60.7 Å². The molecule has 2 rings (SSSR count). The van der Waals surface area contributed by atoms with E-state index in [1.54, 1.807) is 0 Å². The Kier molecular flexibility index (Phi) is 5.88. The Labute approximate surface area is 136 Å². The van der Waals surface area contributed by atoms with E-state index in [4.69, 9.17) is 5.73 Å². The van der Waals surface area contributed by atoms with E-state index in [-0.39, 0.29) is 25.0 Å². The number of nitrogens with one attached hydrogen (secondary N) is 1. The van der Waals surface area contributed by atoms with Crippen LogP contribution in [0.25, 0.3) is 0 Å². The highest BCUT2D eigenvalue weighted by Gasteiger charge is 2.21. The zero-order chi connectivity index (χ0) is 16.7. The second-order valence-corrected chi connectivity index (χ2v) is 5.38. The van der Waals surface area contributed by atoms with E-state index in [9.17, 15) is 9.59 Å². The third-order valence-corrected chi connectivity index (χ3v) is 3.52. The number of primary amides is 1. The predicted molar refractivity (Wildman–Crippen MR) is 89.6 cm³/mol. The van der Waals surface area contributed by atoms with E-state index < -0.39 is 5.91 Å². The van der Waals surface area contributed by atoms with Crippen molar-refractivity contribution in [3.05, 3.63) is 71.8 Å². The first-order valence-electron chi connectivity index (χ1n) is 7.43. The second-order valence-electron chi connectivity index (χ2n) is 5.38. The van der Waals surface area contributed by atoms with Gasteiger partial charge in [-0.3, -0.25) is 14.5 Å². The Bertz CT molecular complexity index is 604. The van der Waals surface area contributed by atoms with Crippen molar-refractivity contribution in [2.24, 2.45) is 5.73 Å². The van der Waals surface area contributed by atoms with Gasteiger partial charge in [0, 0.05) is 0 Å². The molecule has 2 aromatic carbocycles. The number of hydrogen-bond acceptors (Lipinski definition) is 3. The first-order valence-corrected chi connectivity index (χ1v) is 7.43. The third kappa shape index (κ3) is 4.93. The van der Waals surface area contributed by atoms with Gasteiger partial charge in [0.05, 0.1) is 19.1 Å². The fourth-order valence-electron chi connectivity index (χ4n) is 2.53. The molecule has 0 fully saturated rings. The highest BCUT2D eigenvalue weighted by molar-refractivity contribution is 5.84. The lowest BCUT2D eigenvalue weighted by molar-refractivity contribution is -0.125. The van der Waals surface area contributed by atoms with Gasteiger partial charge in [0.15, 0.2) is 0 Å². The summed E-state index contributed by atoms with van der Waals surface area (Å²) in [5.74, 6) is -0.785. The standard InChI is InChI=1S/C18H21N3O2/c1-21(13-17(23)20-12-16(19)22)18(14-8-4-2-5-9-14)15-10-6-3-7-11-15/h2-11,18H,12-13H2,1H3,(H2,19,22)(H,20,23). The van der Waals surface area contributed by atoms with Gasteiger partial charge in [-0.2, -0.15) is 0 Å². The van der Waals surface area contributed by atoms with Crippen LogP contribution in [-0.4, -0.2) is 36.9 Å². The van der Waals surface area contributed by atoms with Gasteiger partial charge in [-0.25, -0.2) is 0 Å². The molecule has 5 heteroatoms. The van der Waals surface area contributed by atoms with Crippen LogP contribution in [0.1, 0.15) is 17.2 Å². The summed E-state index contributed by atoms with van der Waals surface area (Å²) in [7, 11) is 1.88. The maximum Gasteiger partial charge on any atom is 0.236 e. The summed E-state index contributed by atoms with van der Waals surface area (Å²) in [5.41, 5.74) is 7.25. The Morgan fingerprint density at radius 3 is 1.91 bits per heavy atom. The topological polar surface area (TPSA) is 75.4 Å². The number of likely N-dealkylation sites (N-methyl/N-ethyl adjacent to an activating group) is 1. The summed E-state index contributed by atoms with van der Waals surface area (Å²) in [6, 6.07) is 19.9. The lowest BCUT2D eigenvalue weighted by Gasteiger charge is -2.28. The average Bonchev–Trinajstić information content (AvgIpc) is 2.55. The number of hydrogen-bond donors (Lipinski definition) is 2. The van der Waals surface area contributed by atoms with Crippen LogP contribution in [0.2, 0.25) is 0 Å². The summed E-state index contributed by atoms with van der Waals surface area (Å²) in [6.45, 7) is 0.0236. The summed E-state index contributed by atoms with van der Waals surface area (Å²) in [5, 5.41) is 2.52. The molecule has 0 saturated carbocycles. The molecule has 0 aromatic heterocycles. The van der Waals surface area contributed by atoms with Gasteiger partial charge in [-0.15, -0.1) is 0 Å². The fraction of sp³-hybridized carbons (Fsp3) is 0.222. The molecule has 0 saturated heterocycles. The number of amides is 2. The van der Waals surface area contributed by atoms with Crippen molar-refractivity contribution in [2.75, 3.05) is 20.1 Å². The number of carbonyl (C=O) groups excluding carboxylic acids is 2. The van der Waals surface area contributed by atoms with Crippen molar-refractivity contribution in [3.8, 4) is 0 Å². The lowest BCUT2D eigenvalue weighted by atomic mass is 9.97. The number of nitrogens with zero attached hydrogens (tertiary/aromatic N) is 1. The minimum atomic E-state index is -0.552. The molecule has 0 bridgehead atoms. The molecule has 0 aliphatic rings. The van der Waals surface area contributed by atoms with Gasteiger partial charge in [0.25, 0.3) is 0 Å². The highest BCUT2D eigenvalue weighted by atomic mass is 16.2. The largest absolute Gasteiger partial charge is 0.368 e. The summed E-state index contributed by atoms with van der Waals surface area (Å²) < 4.78 is 0. The maximum atomic E-state index is 12.0. The van der Waals surface area contributed by atoms with Gasteiger partial charge < -0.3 is 11.1 Å². The number of benzene rings is 2. The van der Waals surface area contributed by atoms with Crippen LogP contribution < -0.4 is 11.1 Å². The summed E-state index contributed by atoms with van der Waals surface area (Å²) >= 11 is 0. The third-order valence-electron chi connectivity index (χ3n) is 3.52. The molecule has 0 aliphatic heterocycles. The Morgan fingerprint density at radius 1 is 1.00 bits per heavy atom. The molecule has 2 amide bonds. The van der Waals surface area contributed by atoms with Crippen LogP contribution in [0.4, 0.5) is 0 Å². The molecule has 0 radical (unpaired) electrons. The van der Waals surface area contributed by atoms with Crippen molar-refractivity contribution in [1.82, 2.24) is 10.2 Å². The molecular weight excluding hydrogens is 290 g/mol. The first-order chi connectivity index (χ1) is 11.1. The van der Waals surface area contributed by atoms with E-state index in [0.29, 0.717) is 0 Å². The maximum absolute atomic E-state index is 12.0. The van der Waals surface area contributed by atoms with E-state index in [1.807, 2.05) is 72.6 Å². The molecule has 0 heterocycles. The van der Waals surface area contributed by atoms with Crippen molar-refractivity contribution in [2.45, 2.75) is 6.04 Å². The average molecular weight is 311 g/mol. The van der Waals surface area contributed by atoms with Crippen molar-refractivity contribution in [3.63, 3.8) is 0 Å². The fourth-order valence-corrected chi connectivity index (χ4v) is 2.53. The number of nitrogens with two attached hydrogens (primary N) is 1. The summed E-state index contributed by atoms with van der Waals surface area (Å²) in [4.78, 5) is 24.7. The quantitative estimate of drug-likeness (QED) is 0.809. The molecule has 0 aliphatic carbocycles. The van der Waals surface area contributed by atoms with Gasteiger partial charge in [-0.05, 0) is 18.2 Å². The molecule has 120 valence electrons. The highest BCUT2D eigenvalue weighted by Crippen LogP contribution is 2.26. The SMILES string of the molecule is CN(CC(=O)NCC(N)=O)C(c1ccccc1)c1ccccc1. The minimum Gasteiger partial charge on any atom is -0.368 e. The zero-order valence-electron chi connectivity index (χ0n) is 13.1. The molecule has 0 unspecified atom stereocenters. The minimum absolute atomic E-state index is 0.0447. The zero-order valence-corrected chi connectivity index (χ0v) is 13.1. The van der Waals surface area contributed by atoms with E-state index >= 15 is 0 Å². The molecule has 5 nitrogen and oxygen atoms in total. The van der Waals surface area contributed by atoms with E-state index in [2.05, 4.69) is 5.32 Å². The molecule has 0 spiro atoms. The Morgan fingerprint density at radius 2 is 1.48 bits per heavy atom. The molecule has 3 N–H and O–H groups in total. The van der Waals surface area contributed by atoms with Crippen LogP contribution in [-0.2, 0) is 9.59 Å². The van der Waals surface area contributed by atoms with Crippen LogP contribution in [0, 0.1) is 0 Å². The van der Waals surface area contributed by atoms with E-state index in [1.165, 1.54) is 0 Å². The number of rotatable bonds is 7. The normalized spacial score (nSPS) is 10.7. The molecule has 23 heavy (non-hydrogen) atoms. The number of carbonyl (C=O) groups is 2.